The molecule has 2 saturated heterocycles. The van der Waals surface area contributed by atoms with Gasteiger partial charge in [-0.05, 0) is 54.7 Å². The third-order valence-electron chi connectivity index (χ3n) is 6.39. The number of carbonyl (C=O) groups is 3. The van der Waals surface area contributed by atoms with E-state index in [-0.39, 0.29) is 24.1 Å². The highest BCUT2D eigenvalue weighted by atomic mass is 16.2. The Morgan fingerprint density at radius 2 is 1.81 bits per heavy atom. The maximum Gasteiger partial charge on any atom is 0.229 e. The highest BCUT2D eigenvalue weighted by Gasteiger charge is 2.36. The van der Waals surface area contributed by atoms with Gasteiger partial charge < -0.3 is 15.1 Å². The van der Waals surface area contributed by atoms with Crippen LogP contribution in [0, 0.1) is 5.92 Å². The van der Waals surface area contributed by atoms with E-state index < -0.39 is 5.92 Å². The van der Waals surface area contributed by atoms with Gasteiger partial charge in [0.15, 0.2) is 0 Å². The number of hydrogen-bond donors (Lipinski definition) is 1. The van der Waals surface area contributed by atoms with Gasteiger partial charge in [0.25, 0.3) is 0 Å². The molecule has 6 heteroatoms. The van der Waals surface area contributed by atoms with Gasteiger partial charge in [0.1, 0.15) is 0 Å². The van der Waals surface area contributed by atoms with Gasteiger partial charge >= 0.3 is 0 Å². The van der Waals surface area contributed by atoms with Gasteiger partial charge in [-0.25, -0.2) is 0 Å². The lowest BCUT2D eigenvalue weighted by Crippen LogP contribution is -2.29. The van der Waals surface area contributed by atoms with Crippen LogP contribution in [0.4, 0.5) is 17.1 Å². The lowest BCUT2D eigenvalue weighted by Gasteiger charge is -2.23. The highest BCUT2D eigenvalue weighted by Crippen LogP contribution is 2.34. The Kier molecular flexibility index (Phi) is 6.07. The molecule has 2 fully saturated rings. The van der Waals surface area contributed by atoms with E-state index >= 15 is 0 Å². The summed E-state index contributed by atoms with van der Waals surface area (Å²) in [5, 5.41) is 2.93. The summed E-state index contributed by atoms with van der Waals surface area (Å²) in [6, 6.07) is 15.3. The fourth-order valence-corrected chi connectivity index (χ4v) is 4.38. The van der Waals surface area contributed by atoms with Crippen LogP contribution < -0.4 is 15.1 Å². The molecule has 162 valence electrons. The molecule has 0 aliphatic carbocycles. The van der Waals surface area contributed by atoms with E-state index in [1.54, 1.807) is 9.80 Å². The van der Waals surface area contributed by atoms with Crippen LogP contribution in [0.5, 0.6) is 0 Å². The molecule has 1 N–H and O–H groups in total. The standard InChI is InChI=1S/C25H29N3O3/c1-3-17(2)21-7-4-5-8-22(21)28-16-18(15-24(28)30)25(31)26-19-10-12-20(13-11-19)27-14-6-9-23(27)29/h4-5,7-8,10-13,17-18H,3,6,9,14-16H2,1-2H3,(H,26,31). The molecule has 0 bridgehead atoms. The van der Waals surface area contributed by atoms with Crippen LogP contribution >= 0.6 is 0 Å². The summed E-state index contributed by atoms with van der Waals surface area (Å²) in [6.45, 7) is 5.42. The van der Waals surface area contributed by atoms with Gasteiger partial charge in [0.2, 0.25) is 17.7 Å². The lowest BCUT2D eigenvalue weighted by molar-refractivity contribution is -0.122. The Morgan fingerprint density at radius 1 is 1.06 bits per heavy atom. The number of benzene rings is 2. The molecule has 2 aliphatic heterocycles. The molecule has 0 saturated carbocycles. The fraction of sp³-hybridized carbons (Fsp3) is 0.400. The molecule has 2 aromatic carbocycles. The van der Waals surface area contributed by atoms with Crippen LogP contribution in [0.25, 0.3) is 0 Å². The van der Waals surface area contributed by atoms with Crippen LogP contribution in [0.1, 0.15) is 51.0 Å². The van der Waals surface area contributed by atoms with Gasteiger partial charge in [-0.1, -0.05) is 32.0 Å². The van der Waals surface area contributed by atoms with Gasteiger partial charge in [-0.3, -0.25) is 14.4 Å². The number of amides is 3. The van der Waals surface area contributed by atoms with Crippen LogP contribution in [-0.4, -0.2) is 30.8 Å². The average Bonchev–Trinajstić information content (AvgIpc) is 3.39. The predicted molar refractivity (Wildman–Crippen MR) is 122 cm³/mol. The van der Waals surface area contributed by atoms with Crippen molar-refractivity contribution in [2.24, 2.45) is 5.92 Å². The van der Waals surface area contributed by atoms with E-state index in [2.05, 4.69) is 25.2 Å². The predicted octanol–water partition coefficient (Wildman–Crippen LogP) is 4.32. The second kappa shape index (κ2) is 8.92. The number of nitrogens with zero attached hydrogens (tertiary/aromatic N) is 2. The zero-order valence-electron chi connectivity index (χ0n) is 18.1. The number of carbonyl (C=O) groups excluding carboxylic acids is 3. The third-order valence-corrected chi connectivity index (χ3v) is 6.39. The molecular formula is C25H29N3O3. The van der Waals surface area contributed by atoms with Crippen LogP contribution in [0.15, 0.2) is 48.5 Å². The monoisotopic (exact) mass is 419 g/mol. The third kappa shape index (κ3) is 4.33. The molecule has 3 amide bonds. The Labute approximate surface area is 183 Å². The lowest BCUT2D eigenvalue weighted by atomic mass is 9.96. The molecule has 0 aromatic heterocycles. The molecule has 0 radical (unpaired) electrons. The summed E-state index contributed by atoms with van der Waals surface area (Å²) >= 11 is 0. The van der Waals surface area contributed by atoms with Crippen LogP contribution in [-0.2, 0) is 14.4 Å². The Balaban J connectivity index is 1.43. The smallest absolute Gasteiger partial charge is 0.229 e. The van der Waals surface area contributed by atoms with E-state index in [0.717, 1.165) is 36.3 Å². The summed E-state index contributed by atoms with van der Waals surface area (Å²) in [4.78, 5) is 41.0. The topological polar surface area (TPSA) is 69.7 Å². The van der Waals surface area contributed by atoms with E-state index in [9.17, 15) is 14.4 Å². The summed E-state index contributed by atoms with van der Waals surface area (Å²) in [7, 11) is 0. The first-order chi connectivity index (χ1) is 15.0. The minimum atomic E-state index is -0.391. The molecule has 6 nitrogen and oxygen atoms in total. The molecule has 0 spiro atoms. The van der Waals surface area contributed by atoms with E-state index in [0.29, 0.717) is 24.6 Å². The van der Waals surface area contributed by atoms with E-state index in [1.807, 2.05) is 42.5 Å². The summed E-state index contributed by atoms with van der Waals surface area (Å²) < 4.78 is 0. The van der Waals surface area contributed by atoms with Gasteiger partial charge in [0, 0.05) is 43.0 Å². The fourth-order valence-electron chi connectivity index (χ4n) is 4.38. The largest absolute Gasteiger partial charge is 0.326 e. The number of anilines is 3. The Hall–Kier alpha value is -3.15. The van der Waals surface area contributed by atoms with Crippen molar-refractivity contribution in [1.29, 1.82) is 0 Å². The maximum atomic E-state index is 12.9. The summed E-state index contributed by atoms with van der Waals surface area (Å²) in [6.07, 6.45) is 2.66. The van der Waals surface area contributed by atoms with Gasteiger partial charge in [0.05, 0.1) is 5.92 Å². The van der Waals surface area contributed by atoms with Crippen molar-refractivity contribution in [1.82, 2.24) is 0 Å². The molecule has 2 atom stereocenters. The zero-order chi connectivity index (χ0) is 22.0. The second-order valence-electron chi connectivity index (χ2n) is 8.46. The van der Waals surface area contributed by atoms with E-state index in [1.165, 1.54) is 0 Å². The van der Waals surface area contributed by atoms with Gasteiger partial charge in [-0.2, -0.15) is 0 Å². The minimum absolute atomic E-state index is 0.0150. The average molecular weight is 420 g/mol. The minimum Gasteiger partial charge on any atom is -0.326 e. The maximum absolute atomic E-state index is 12.9. The number of rotatable bonds is 6. The van der Waals surface area contributed by atoms with Crippen molar-refractivity contribution in [2.45, 2.75) is 45.4 Å². The van der Waals surface area contributed by atoms with Crippen molar-refractivity contribution in [2.75, 3.05) is 28.2 Å². The molecule has 2 aromatic rings. The molecule has 2 unspecified atom stereocenters. The van der Waals surface area contributed by atoms with Crippen molar-refractivity contribution in [3.63, 3.8) is 0 Å². The van der Waals surface area contributed by atoms with Crippen LogP contribution in [0.2, 0.25) is 0 Å². The number of para-hydroxylation sites is 1. The van der Waals surface area contributed by atoms with Crippen molar-refractivity contribution in [3.05, 3.63) is 54.1 Å². The second-order valence-corrected chi connectivity index (χ2v) is 8.46. The van der Waals surface area contributed by atoms with Crippen molar-refractivity contribution >= 4 is 34.8 Å². The molecule has 2 aliphatic rings. The molecule has 4 rings (SSSR count). The summed E-state index contributed by atoms with van der Waals surface area (Å²) in [5.74, 6) is -0.0742. The SMILES string of the molecule is CCC(C)c1ccccc1N1CC(C(=O)Nc2ccc(N3CCCC3=O)cc2)CC1=O. The molecular weight excluding hydrogens is 390 g/mol. The first-order valence-electron chi connectivity index (χ1n) is 11.1. The number of nitrogens with one attached hydrogen (secondary N) is 1. The molecule has 31 heavy (non-hydrogen) atoms. The van der Waals surface area contributed by atoms with Crippen LogP contribution in [0.3, 0.4) is 0 Å². The van der Waals surface area contributed by atoms with E-state index in [4.69, 9.17) is 0 Å². The number of hydrogen-bond acceptors (Lipinski definition) is 3. The zero-order valence-corrected chi connectivity index (χ0v) is 18.1. The highest BCUT2D eigenvalue weighted by molar-refractivity contribution is 6.04. The van der Waals surface area contributed by atoms with Crippen molar-refractivity contribution in [3.8, 4) is 0 Å². The molecule has 2 heterocycles. The normalized spacial score (nSPS) is 19.7. The van der Waals surface area contributed by atoms with Crippen molar-refractivity contribution < 1.29 is 14.4 Å². The quantitative estimate of drug-likeness (QED) is 0.758. The first kappa shape index (κ1) is 21.1. The van der Waals surface area contributed by atoms with Gasteiger partial charge in [-0.15, -0.1) is 0 Å². The Bertz CT molecular complexity index is 986. The summed E-state index contributed by atoms with van der Waals surface area (Å²) in [5.41, 5.74) is 3.58. The Morgan fingerprint density at radius 3 is 2.48 bits per heavy atom. The first-order valence-corrected chi connectivity index (χ1v) is 11.1.